The fourth-order valence-electron chi connectivity index (χ4n) is 0.653. The number of rotatable bonds is 3. The Bertz CT molecular complexity index is 127. The zero-order valence-corrected chi connectivity index (χ0v) is 7.27. The van der Waals surface area contributed by atoms with Gasteiger partial charge in [0, 0.05) is 6.42 Å². The van der Waals surface area contributed by atoms with Gasteiger partial charge in [-0.05, 0) is 11.3 Å². The van der Waals surface area contributed by atoms with E-state index in [1.807, 2.05) is 0 Å². The molecule has 0 aliphatic carbocycles. The van der Waals surface area contributed by atoms with E-state index < -0.39 is 0 Å². The monoisotopic (exact) mass is 143 g/mol. The zero-order valence-electron chi connectivity index (χ0n) is 7.27. The lowest BCUT2D eigenvalue weighted by atomic mass is 9.78. The summed E-state index contributed by atoms with van der Waals surface area (Å²) in [5.41, 5.74) is 5.12. The van der Waals surface area contributed by atoms with Crippen LogP contribution >= 0.6 is 0 Å². The molecule has 0 fully saturated rings. The first kappa shape index (κ1) is 9.47. The third-order valence-corrected chi connectivity index (χ3v) is 2.19. The molecule has 0 atom stereocenters. The summed E-state index contributed by atoms with van der Waals surface area (Å²) in [6.45, 7) is 8.32. The Hall–Kier alpha value is -0.530. The number of carbonyl (C=O) groups excluding carboxylic acids is 1. The lowest BCUT2D eigenvalue weighted by Crippen LogP contribution is -2.26. The molecule has 0 spiro atoms. The second-order valence-corrected chi connectivity index (χ2v) is 3.79. The molecule has 0 aromatic carbocycles. The molecular formula is C8H17NO. The highest BCUT2D eigenvalue weighted by molar-refractivity contribution is 5.74. The molecule has 2 heteroatoms. The van der Waals surface area contributed by atoms with E-state index in [1.54, 1.807) is 0 Å². The number of primary amides is 1. The lowest BCUT2D eigenvalue weighted by molar-refractivity contribution is -0.120. The molecule has 0 radical (unpaired) electrons. The van der Waals surface area contributed by atoms with E-state index in [-0.39, 0.29) is 11.3 Å². The van der Waals surface area contributed by atoms with Gasteiger partial charge in [0.15, 0.2) is 0 Å². The topological polar surface area (TPSA) is 43.1 Å². The molecule has 0 bridgehead atoms. The van der Waals surface area contributed by atoms with Crippen LogP contribution in [0.2, 0.25) is 0 Å². The van der Waals surface area contributed by atoms with E-state index in [0.29, 0.717) is 12.3 Å². The number of hydrogen-bond donors (Lipinski definition) is 1. The van der Waals surface area contributed by atoms with Gasteiger partial charge in [0.05, 0.1) is 0 Å². The molecule has 10 heavy (non-hydrogen) atoms. The highest BCUT2D eigenvalue weighted by Gasteiger charge is 2.24. The summed E-state index contributed by atoms with van der Waals surface area (Å²) in [6, 6.07) is 0. The minimum atomic E-state index is -0.210. The molecule has 0 rings (SSSR count). The Balaban J connectivity index is 3.99. The predicted molar refractivity (Wildman–Crippen MR) is 42.4 cm³/mol. The van der Waals surface area contributed by atoms with Crippen LogP contribution in [0.5, 0.6) is 0 Å². The molecule has 0 unspecified atom stereocenters. The van der Waals surface area contributed by atoms with Gasteiger partial charge in [-0.3, -0.25) is 4.79 Å². The van der Waals surface area contributed by atoms with Gasteiger partial charge in [-0.25, -0.2) is 0 Å². The summed E-state index contributed by atoms with van der Waals surface area (Å²) in [6.07, 6.45) is 0.477. The van der Waals surface area contributed by atoms with Crippen molar-refractivity contribution in [3.05, 3.63) is 0 Å². The molecule has 2 nitrogen and oxygen atoms in total. The number of amides is 1. The Morgan fingerprint density at radius 3 is 2.00 bits per heavy atom. The van der Waals surface area contributed by atoms with Crippen LogP contribution in [-0.4, -0.2) is 5.91 Å². The highest BCUT2D eigenvalue weighted by atomic mass is 16.1. The maximum Gasteiger partial charge on any atom is 0.217 e. The van der Waals surface area contributed by atoms with Crippen molar-refractivity contribution in [2.75, 3.05) is 0 Å². The van der Waals surface area contributed by atoms with Crippen molar-refractivity contribution in [1.29, 1.82) is 0 Å². The third kappa shape index (κ3) is 2.85. The SMILES string of the molecule is CC(C)C(C)(C)CC(N)=O. The van der Waals surface area contributed by atoms with Crippen molar-refractivity contribution in [2.45, 2.75) is 34.1 Å². The normalized spacial score (nSPS) is 12.1. The van der Waals surface area contributed by atoms with Gasteiger partial charge in [-0.15, -0.1) is 0 Å². The molecule has 0 aromatic heterocycles. The molecule has 60 valence electrons. The van der Waals surface area contributed by atoms with Gasteiger partial charge in [0.2, 0.25) is 5.91 Å². The summed E-state index contributed by atoms with van der Waals surface area (Å²) in [5, 5.41) is 0. The second-order valence-electron chi connectivity index (χ2n) is 3.79. The van der Waals surface area contributed by atoms with Gasteiger partial charge in [-0.2, -0.15) is 0 Å². The molecule has 0 aliphatic rings. The molecular weight excluding hydrogens is 126 g/mol. The molecule has 0 aliphatic heterocycles. The Kier molecular flexibility index (Phi) is 2.88. The molecule has 2 N–H and O–H groups in total. The van der Waals surface area contributed by atoms with Crippen LogP contribution in [-0.2, 0) is 4.79 Å². The average molecular weight is 143 g/mol. The maximum atomic E-state index is 10.5. The van der Waals surface area contributed by atoms with E-state index in [4.69, 9.17) is 5.73 Å². The van der Waals surface area contributed by atoms with Gasteiger partial charge < -0.3 is 5.73 Å². The van der Waals surface area contributed by atoms with E-state index >= 15 is 0 Å². The predicted octanol–water partition coefficient (Wildman–Crippen LogP) is 1.54. The molecule has 0 aromatic rings. The maximum absolute atomic E-state index is 10.5. The van der Waals surface area contributed by atoms with E-state index in [9.17, 15) is 4.79 Å². The second kappa shape index (κ2) is 3.04. The highest BCUT2D eigenvalue weighted by Crippen LogP contribution is 2.29. The standard InChI is InChI=1S/C8H17NO/c1-6(2)8(3,4)5-7(9)10/h6H,5H2,1-4H3,(H2,9,10). The van der Waals surface area contributed by atoms with Crippen LogP contribution in [0.25, 0.3) is 0 Å². The summed E-state index contributed by atoms with van der Waals surface area (Å²) in [7, 11) is 0. The van der Waals surface area contributed by atoms with Crippen molar-refractivity contribution in [3.63, 3.8) is 0 Å². The first-order valence-electron chi connectivity index (χ1n) is 3.64. The average Bonchev–Trinajstić information content (AvgIpc) is 1.60. The zero-order chi connectivity index (χ0) is 8.36. The lowest BCUT2D eigenvalue weighted by Gasteiger charge is -2.27. The molecule has 0 saturated carbocycles. The number of hydrogen-bond acceptors (Lipinski definition) is 1. The van der Waals surface area contributed by atoms with Crippen LogP contribution in [0.1, 0.15) is 34.1 Å². The summed E-state index contributed by atoms with van der Waals surface area (Å²) in [4.78, 5) is 10.5. The number of carbonyl (C=O) groups is 1. The van der Waals surface area contributed by atoms with Gasteiger partial charge in [-0.1, -0.05) is 27.7 Å². The summed E-state index contributed by atoms with van der Waals surface area (Å²) in [5.74, 6) is 0.290. The Morgan fingerprint density at radius 2 is 1.90 bits per heavy atom. The largest absolute Gasteiger partial charge is 0.370 e. The van der Waals surface area contributed by atoms with Gasteiger partial charge >= 0.3 is 0 Å². The minimum Gasteiger partial charge on any atom is -0.370 e. The van der Waals surface area contributed by atoms with Gasteiger partial charge in [0.1, 0.15) is 0 Å². The smallest absolute Gasteiger partial charge is 0.217 e. The molecule has 0 heterocycles. The van der Waals surface area contributed by atoms with Gasteiger partial charge in [0.25, 0.3) is 0 Å². The van der Waals surface area contributed by atoms with E-state index in [2.05, 4.69) is 27.7 Å². The van der Waals surface area contributed by atoms with Crippen molar-refractivity contribution in [1.82, 2.24) is 0 Å². The van der Waals surface area contributed by atoms with E-state index in [0.717, 1.165) is 0 Å². The quantitative estimate of drug-likeness (QED) is 0.640. The van der Waals surface area contributed by atoms with Crippen LogP contribution in [0, 0.1) is 11.3 Å². The van der Waals surface area contributed by atoms with Crippen LogP contribution < -0.4 is 5.73 Å². The Labute approximate surface area is 62.8 Å². The van der Waals surface area contributed by atoms with Crippen molar-refractivity contribution < 1.29 is 4.79 Å². The Morgan fingerprint density at radius 1 is 1.50 bits per heavy atom. The molecule has 1 amide bonds. The van der Waals surface area contributed by atoms with Crippen molar-refractivity contribution in [2.24, 2.45) is 17.1 Å². The first-order valence-corrected chi connectivity index (χ1v) is 3.64. The van der Waals surface area contributed by atoms with Crippen molar-refractivity contribution >= 4 is 5.91 Å². The first-order chi connectivity index (χ1) is 4.36. The van der Waals surface area contributed by atoms with Crippen LogP contribution in [0.15, 0.2) is 0 Å². The third-order valence-electron chi connectivity index (χ3n) is 2.19. The van der Waals surface area contributed by atoms with Crippen LogP contribution in [0.4, 0.5) is 0 Å². The van der Waals surface area contributed by atoms with Crippen molar-refractivity contribution in [3.8, 4) is 0 Å². The minimum absolute atomic E-state index is 0.0475. The fraction of sp³-hybridized carbons (Fsp3) is 0.875. The fourth-order valence-corrected chi connectivity index (χ4v) is 0.653. The summed E-state index contributed by atoms with van der Waals surface area (Å²) < 4.78 is 0. The van der Waals surface area contributed by atoms with Crippen LogP contribution in [0.3, 0.4) is 0 Å². The summed E-state index contributed by atoms with van der Waals surface area (Å²) >= 11 is 0. The van der Waals surface area contributed by atoms with E-state index in [1.165, 1.54) is 0 Å². The molecule has 0 saturated heterocycles. The number of nitrogens with two attached hydrogens (primary N) is 1.